The van der Waals surface area contributed by atoms with Crippen LogP contribution in [0.3, 0.4) is 0 Å². The van der Waals surface area contributed by atoms with Crippen molar-refractivity contribution < 1.29 is 9.21 Å². The second kappa shape index (κ2) is 3.85. The zero-order chi connectivity index (χ0) is 14.0. The summed E-state index contributed by atoms with van der Waals surface area (Å²) in [5.74, 6) is 0.613. The van der Waals surface area contributed by atoms with Gasteiger partial charge in [0.05, 0.1) is 6.04 Å². The van der Waals surface area contributed by atoms with Crippen LogP contribution in [0, 0.1) is 5.92 Å². The maximum Gasteiger partial charge on any atom is 0.307 e. The number of benzene rings is 1. The molecule has 21 heavy (non-hydrogen) atoms. The lowest BCUT2D eigenvalue weighted by Gasteiger charge is -2.32. The summed E-state index contributed by atoms with van der Waals surface area (Å²) in [5.41, 5.74) is 1.66. The monoisotopic (exact) mass is 283 g/mol. The molecule has 2 aliphatic heterocycles. The fourth-order valence-electron chi connectivity index (χ4n) is 4.28. The van der Waals surface area contributed by atoms with Crippen molar-refractivity contribution in [2.45, 2.75) is 30.8 Å². The Balaban J connectivity index is 1.42. The third-order valence-electron chi connectivity index (χ3n) is 5.44. The second-order valence-corrected chi connectivity index (χ2v) is 6.54. The first-order valence-electron chi connectivity index (χ1n) is 7.68. The lowest BCUT2D eigenvalue weighted by atomic mass is 9.92. The van der Waals surface area contributed by atoms with Crippen molar-refractivity contribution in [3.05, 3.63) is 30.2 Å². The molecule has 108 valence electrons. The van der Waals surface area contributed by atoms with Gasteiger partial charge in [0.25, 0.3) is 5.89 Å². The predicted molar refractivity (Wildman–Crippen MR) is 76.9 cm³/mol. The zero-order valence-corrected chi connectivity index (χ0v) is 11.7. The standard InChI is InChI=1S/C16H17N3O2/c20-14(15-17-11-3-1-2-4-12(11)21-15)18-13-10-5-8-19(9-10)16(13)6-7-16/h1-4,10,13H,5-9H2,(H,18,20)/t10?,13-/m1/s1. The largest absolute Gasteiger partial charge is 0.432 e. The van der Waals surface area contributed by atoms with Gasteiger partial charge < -0.3 is 9.73 Å². The van der Waals surface area contributed by atoms with Crippen molar-refractivity contribution in [1.82, 2.24) is 15.2 Å². The number of nitrogens with zero attached hydrogens (tertiary/aromatic N) is 2. The molecule has 3 fully saturated rings. The molecule has 2 aromatic rings. The van der Waals surface area contributed by atoms with Crippen LogP contribution in [0.2, 0.25) is 0 Å². The highest BCUT2D eigenvalue weighted by Gasteiger charge is 2.63. The normalized spacial score (nSPS) is 31.9. The first kappa shape index (κ1) is 11.7. The molecule has 3 heterocycles. The average Bonchev–Trinajstić information content (AvgIpc) is 2.90. The minimum atomic E-state index is -0.170. The number of amides is 1. The molecule has 0 radical (unpaired) electrons. The molecule has 2 saturated heterocycles. The Bertz CT molecular complexity index is 701. The van der Waals surface area contributed by atoms with Crippen molar-refractivity contribution in [2.24, 2.45) is 5.92 Å². The minimum absolute atomic E-state index is 0.170. The summed E-state index contributed by atoms with van der Waals surface area (Å²) < 4.78 is 5.57. The summed E-state index contributed by atoms with van der Waals surface area (Å²) in [4.78, 5) is 19.3. The van der Waals surface area contributed by atoms with E-state index in [-0.39, 0.29) is 23.4 Å². The van der Waals surface area contributed by atoms with E-state index in [9.17, 15) is 4.79 Å². The number of carbonyl (C=O) groups excluding carboxylic acids is 1. The van der Waals surface area contributed by atoms with Crippen LogP contribution in [-0.4, -0.2) is 40.5 Å². The first-order valence-corrected chi connectivity index (χ1v) is 7.68. The Kier molecular flexibility index (Phi) is 2.16. The smallest absolute Gasteiger partial charge is 0.307 e. The Labute approximate surface area is 122 Å². The quantitative estimate of drug-likeness (QED) is 0.913. The molecule has 5 nitrogen and oxygen atoms in total. The van der Waals surface area contributed by atoms with Gasteiger partial charge >= 0.3 is 5.91 Å². The molecule has 1 spiro atoms. The minimum Gasteiger partial charge on any atom is -0.432 e. The summed E-state index contributed by atoms with van der Waals surface area (Å²) in [5, 5.41) is 3.20. The molecule has 5 rings (SSSR count). The van der Waals surface area contributed by atoms with E-state index >= 15 is 0 Å². The van der Waals surface area contributed by atoms with Gasteiger partial charge in [0.2, 0.25) is 0 Å². The van der Waals surface area contributed by atoms with Crippen molar-refractivity contribution in [2.75, 3.05) is 13.1 Å². The predicted octanol–water partition coefficient (Wildman–Crippen LogP) is 1.79. The molecule has 1 amide bonds. The highest BCUT2D eigenvalue weighted by atomic mass is 16.4. The number of rotatable bonds is 2. The summed E-state index contributed by atoms with van der Waals surface area (Å²) >= 11 is 0. The number of fused-ring (bicyclic) bond motifs is 4. The fourth-order valence-corrected chi connectivity index (χ4v) is 4.28. The number of piperidine rings is 1. The van der Waals surface area contributed by atoms with Gasteiger partial charge in [-0.1, -0.05) is 12.1 Å². The van der Waals surface area contributed by atoms with Gasteiger partial charge in [-0.3, -0.25) is 9.69 Å². The molecule has 1 aromatic heterocycles. The third kappa shape index (κ3) is 1.55. The van der Waals surface area contributed by atoms with Crippen LogP contribution in [0.4, 0.5) is 0 Å². The molecular formula is C16H17N3O2. The Hall–Kier alpha value is -1.88. The van der Waals surface area contributed by atoms with E-state index in [0.29, 0.717) is 11.5 Å². The van der Waals surface area contributed by atoms with Gasteiger partial charge in [-0.2, -0.15) is 0 Å². The first-order chi connectivity index (χ1) is 10.3. The maximum absolute atomic E-state index is 12.5. The van der Waals surface area contributed by atoms with E-state index in [1.54, 1.807) is 0 Å². The van der Waals surface area contributed by atoms with Gasteiger partial charge in [-0.05, 0) is 43.9 Å². The molecule has 2 unspecified atom stereocenters. The molecule has 3 aliphatic rings. The number of oxazole rings is 1. The van der Waals surface area contributed by atoms with Crippen LogP contribution >= 0.6 is 0 Å². The number of carbonyl (C=O) groups is 1. The molecular weight excluding hydrogens is 266 g/mol. The fraction of sp³-hybridized carbons (Fsp3) is 0.500. The molecule has 3 atom stereocenters. The Morgan fingerprint density at radius 1 is 1.38 bits per heavy atom. The van der Waals surface area contributed by atoms with Crippen molar-refractivity contribution in [1.29, 1.82) is 0 Å². The number of hydrogen-bond donors (Lipinski definition) is 1. The summed E-state index contributed by atoms with van der Waals surface area (Å²) in [6.07, 6.45) is 3.62. The van der Waals surface area contributed by atoms with Crippen LogP contribution < -0.4 is 5.32 Å². The van der Waals surface area contributed by atoms with E-state index < -0.39 is 0 Å². The van der Waals surface area contributed by atoms with E-state index in [0.717, 1.165) is 12.1 Å². The molecule has 2 bridgehead atoms. The average molecular weight is 283 g/mol. The van der Waals surface area contributed by atoms with Gasteiger partial charge in [-0.15, -0.1) is 0 Å². The van der Waals surface area contributed by atoms with Crippen LogP contribution in [0.15, 0.2) is 28.7 Å². The Morgan fingerprint density at radius 2 is 2.24 bits per heavy atom. The van der Waals surface area contributed by atoms with Crippen molar-refractivity contribution >= 4 is 17.0 Å². The van der Waals surface area contributed by atoms with E-state index in [2.05, 4.69) is 15.2 Å². The second-order valence-electron chi connectivity index (χ2n) is 6.54. The lowest BCUT2D eigenvalue weighted by Crippen LogP contribution is -2.51. The topological polar surface area (TPSA) is 58.4 Å². The van der Waals surface area contributed by atoms with Crippen molar-refractivity contribution in [3.63, 3.8) is 0 Å². The highest BCUT2D eigenvalue weighted by molar-refractivity contribution is 5.92. The molecule has 1 aromatic carbocycles. The molecule has 1 aliphatic carbocycles. The van der Waals surface area contributed by atoms with E-state index in [1.165, 1.54) is 25.8 Å². The summed E-state index contributed by atoms with van der Waals surface area (Å²) in [6, 6.07) is 7.76. The number of hydrogen-bond acceptors (Lipinski definition) is 4. The van der Waals surface area contributed by atoms with Gasteiger partial charge in [0.15, 0.2) is 5.58 Å². The molecule has 1 saturated carbocycles. The lowest BCUT2D eigenvalue weighted by molar-refractivity contribution is 0.0859. The van der Waals surface area contributed by atoms with Gasteiger partial charge in [0.1, 0.15) is 5.52 Å². The molecule has 1 N–H and O–H groups in total. The SMILES string of the molecule is O=C(N[C@@H]1C2CCN(C2)C12CC2)c1nc2ccccc2o1. The number of nitrogens with one attached hydrogen (secondary N) is 1. The van der Waals surface area contributed by atoms with Crippen LogP contribution in [-0.2, 0) is 0 Å². The Morgan fingerprint density at radius 3 is 3.05 bits per heavy atom. The highest BCUT2D eigenvalue weighted by Crippen LogP contribution is 2.55. The third-order valence-corrected chi connectivity index (χ3v) is 5.44. The van der Waals surface area contributed by atoms with E-state index in [4.69, 9.17) is 4.42 Å². The molecule has 5 heteroatoms. The van der Waals surface area contributed by atoms with Crippen molar-refractivity contribution in [3.8, 4) is 0 Å². The van der Waals surface area contributed by atoms with Gasteiger partial charge in [0, 0.05) is 12.1 Å². The summed E-state index contributed by atoms with van der Waals surface area (Å²) in [6.45, 7) is 2.33. The van der Waals surface area contributed by atoms with Gasteiger partial charge in [-0.25, -0.2) is 4.98 Å². The van der Waals surface area contributed by atoms with Crippen LogP contribution in [0.5, 0.6) is 0 Å². The van der Waals surface area contributed by atoms with E-state index in [1.807, 2.05) is 24.3 Å². The summed E-state index contributed by atoms with van der Waals surface area (Å²) in [7, 11) is 0. The number of para-hydroxylation sites is 2. The number of aromatic nitrogens is 1. The zero-order valence-electron chi connectivity index (χ0n) is 11.7. The maximum atomic E-state index is 12.5. The van der Waals surface area contributed by atoms with Crippen LogP contribution in [0.25, 0.3) is 11.1 Å². The van der Waals surface area contributed by atoms with Crippen LogP contribution in [0.1, 0.15) is 29.9 Å².